The average Bonchev–Trinajstić information content (AvgIpc) is 3.79. The van der Waals surface area contributed by atoms with Gasteiger partial charge in [0.2, 0.25) is 11.9 Å². The van der Waals surface area contributed by atoms with Gasteiger partial charge in [-0.15, -0.1) is 0 Å². The maximum Gasteiger partial charge on any atom is 0.311 e. The molecule has 0 spiro atoms. The molecule has 0 aliphatic carbocycles. The lowest BCUT2D eigenvalue weighted by atomic mass is 10.1. The van der Waals surface area contributed by atoms with E-state index in [-0.39, 0.29) is 29.8 Å². The Kier molecular flexibility index (Phi) is 12.4. The van der Waals surface area contributed by atoms with E-state index >= 15 is 0 Å². The predicted octanol–water partition coefficient (Wildman–Crippen LogP) is -1.05. The van der Waals surface area contributed by atoms with Crippen LogP contribution in [0.5, 0.6) is 0 Å². The van der Waals surface area contributed by atoms with Crippen LogP contribution < -0.4 is 21.2 Å². The number of aliphatic hydroxyl groups excluding tert-OH is 1. The first-order chi connectivity index (χ1) is 26.0. The number of ether oxygens (including phenoxy) is 7. The van der Waals surface area contributed by atoms with Crippen LogP contribution in [-0.4, -0.2) is 114 Å². The third kappa shape index (κ3) is 9.02. The van der Waals surface area contributed by atoms with Gasteiger partial charge in [0.1, 0.15) is 18.8 Å². The highest BCUT2D eigenvalue weighted by molar-refractivity contribution is 7.16. The first-order valence-corrected chi connectivity index (χ1v) is 17.6. The smallest absolute Gasteiger partial charge is 0.311 e. The lowest BCUT2D eigenvalue weighted by molar-refractivity contribution is -0.166. The summed E-state index contributed by atoms with van der Waals surface area (Å²) in [6.07, 6.45) is -6.11. The molecule has 25 heteroatoms. The van der Waals surface area contributed by atoms with Crippen LogP contribution in [0.3, 0.4) is 0 Å². The average molecular weight is 811 g/mol. The van der Waals surface area contributed by atoms with Crippen molar-refractivity contribution in [2.24, 2.45) is 0 Å². The Bertz CT molecular complexity index is 2240. The van der Waals surface area contributed by atoms with Gasteiger partial charge in [0.05, 0.1) is 28.4 Å². The van der Waals surface area contributed by atoms with E-state index in [0.29, 0.717) is 9.40 Å². The second-order valence-electron chi connectivity index (χ2n) is 11.7. The van der Waals surface area contributed by atoms with Crippen molar-refractivity contribution in [2.75, 3.05) is 24.7 Å². The first kappa shape index (κ1) is 40.6. The Labute approximate surface area is 316 Å². The highest BCUT2D eigenvalue weighted by Crippen LogP contribution is 2.37. The summed E-state index contributed by atoms with van der Waals surface area (Å²) in [7, 11) is 0. The van der Waals surface area contributed by atoms with E-state index in [9.17, 15) is 38.7 Å². The summed E-state index contributed by atoms with van der Waals surface area (Å²) in [4.78, 5) is 97.4. The molecule has 6 heterocycles. The maximum atomic E-state index is 12.6. The fourth-order valence-corrected chi connectivity index (χ4v) is 7.40. The number of esters is 5. The quantitative estimate of drug-likeness (QED) is 0.134. The molecule has 0 radical (unpaired) electrons. The number of rotatable bonds is 9. The molecule has 2 aliphatic heterocycles. The molecular weight excluding hydrogens is 777 g/mol. The van der Waals surface area contributed by atoms with E-state index in [1.165, 1.54) is 40.1 Å². The van der Waals surface area contributed by atoms with Gasteiger partial charge in [0.25, 0.3) is 0 Å². The highest BCUT2D eigenvalue weighted by atomic mass is 32.1. The van der Waals surface area contributed by atoms with Crippen LogP contribution in [0.1, 0.15) is 47.1 Å². The Morgan fingerprint density at radius 2 is 1.05 bits per heavy atom. The molecule has 55 heavy (non-hydrogen) atoms. The third-order valence-corrected chi connectivity index (χ3v) is 9.43. The summed E-state index contributed by atoms with van der Waals surface area (Å²) in [5.74, 6) is -3.37. The number of carbonyl (C=O) groups is 5. The zero-order valence-electron chi connectivity index (χ0n) is 29.5. The lowest BCUT2D eigenvalue weighted by Crippen LogP contribution is -2.41. The van der Waals surface area contributed by atoms with Gasteiger partial charge in [-0.25, -0.2) is 9.97 Å². The fourth-order valence-electron chi connectivity index (χ4n) is 5.76. The van der Waals surface area contributed by atoms with Gasteiger partial charge >= 0.3 is 39.6 Å². The van der Waals surface area contributed by atoms with E-state index < -0.39 is 95.3 Å². The summed E-state index contributed by atoms with van der Waals surface area (Å²) in [5, 5.41) is 9.56. The van der Waals surface area contributed by atoms with Crippen LogP contribution in [0.25, 0.3) is 20.7 Å². The second kappa shape index (κ2) is 16.8. The Balaban J connectivity index is 0.000000212. The topological polar surface area (TPSA) is 318 Å². The zero-order valence-corrected chi connectivity index (χ0v) is 31.1. The number of nitrogens with zero attached hydrogens (tertiary/aromatic N) is 6. The minimum absolute atomic E-state index is 0.0543. The number of thiazole rings is 2. The van der Waals surface area contributed by atoms with Gasteiger partial charge in [-0.2, -0.15) is 9.97 Å². The van der Waals surface area contributed by atoms with Crippen molar-refractivity contribution < 1.29 is 62.2 Å². The van der Waals surface area contributed by atoms with Gasteiger partial charge in [-0.1, -0.05) is 22.7 Å². The van der Waals surface area contributed by atoms with Crippen LogP contribution in [0.4, 0.5) is 11.9 Å². The molecule has 2 saturated heterocycles. The molecule has 4 aromatic heterocycles. The molecule has 2 fully saturated rings. The number of nitrogens with two attached hydrogens (primary N) is 2. The van der Waals surface area contributed by atoms with Gasteiger partial charge in [-0.3, -0.25) is 42.7 Å². The van der Waals surface area contributed by atoms with E-state index in [1.807, 2.05) is 0 Å². The highest BCUT2D eigenvalue weighted by Gasteiger charge is 2.52. The number of carbonyl (C=O) groups excluding carboxylic acids is 5. The molecule has 8 atom stereocenters. The summed E-state index contributed by atoms with van der Waals surface area (Å²) in [6.45, 7) is 5.08. The Morgan fingerprint density at radius 1 is 0.673 bits per heavy atom. The van der Waals surface area contributed by atoms with E-state index in [4.69, 9.17) is 44.6 Å². The number of hydrogen-bond acceptors (Lipinski definition) is 23. The largest absolute Gasteiger partial charge is 0.463 e. The number of anilines is 2. The summed E-state index contributed by atoms with van der Waals surface area (Å²) in [5.41, 5.74) is 11.6. The lowest BCUT2D eigenvalue weighted by Gasteiger charge is -2.23. The molecule has 0 aromatic carbocycles. The molecule has 5 N–H and O–H groups in total. The molecule has 6 rings (SSSR count). The van der Waals surface area contributed by atoms with Crippen LogP contribution in [0.2, 0.25) is 0 Å². The first-order valence-electron chi connectivity index (χ1n) is 16.0. The number of nitrogen functional groups attached to an aromatic ring is 2. The predicted molar refractivity (Wildman–Crippen MR) is 186 cm³/mol. The zero-order chi connectivity index (χ0) is 40.3. The van der Waals surface area contributed by atoms with E-state index in [1.54, 1.807) is 0 Å². The van der Waals surface area contributed by atoms with E-state index in [2.05, 4.69) is 19.9 Å². The fraction of sp³-hybridized carbons (Fsp3) is 0.500. The van der Waals surface area contributed by atoms with Crippen molar-refractivity contribution >= 4 is 85.1 Å². The minimum Gasteiger partial charge on any atom is -0.463 e. The minimum atomic E-state index is -1.20. The van der Waals surface area contributed by atoms with Gasteiger partial charge < -0.3 is 49.7 Å². The number of aromatic nitrogens is 6. The van der Waals surface area contributed by atoms with Crippen molar-refractivity contribution in [3.63, 3.8) is 0 Å². The Hall–Kier alpha value is -5.63. The molecule has 2 aliphatic rings. The van der Waals surface area contributed by atoms with Crippen molar-refractivity contribution in [1.29, 1.82) is 0 Å². The Morgan fingerprint density at radius 3 is 1.44 bits per heavy atom. The molecular formula is C30H34N8O15S2. The number of fused-ring (bicyclic) bond motifs is 2. The van der Waals surface area contributed by atoms with Gasteiger partial charge in [0, 0.05) is 34.6 Å². The molecule has 4 aromatic rings. The number of aliphatic hydroxyl groups is 1. The third-order valence-electron chi connectivity index (χ3n) is 7.67. The standard InChI is InChI=1S/C16H18N4O8S.C14H16N4O7S/c1-6(21)25-5-9-11(26-7(2)22)12(27-8(3)23)14(28-9)20-13-10(29-16(20)24)4-18-15(17)19-13;1-5(20)23-9-7(4-19)25-12(10(9)24-6(2)21)18-11-8(26-14(18)22)3-16-13(15)17-11/h4,9,11-12,14H,5H2,1-3H3,(H2,17,18,19);3,7,9-10,12,19H,4H2,1-2H3,(H2,15,16,17)/t9-,11-,12-,14-;7-,9-,10-,12-/m11/s1. The van der Waals surface area contributed by atoms with Crippen LogP contribution >= 0.6 is 22.7 Å². The normalized spacial score (nSPS) is 24.5. The molecule has 0 bridgehead atoms. The van der Waals surface area contributed by atoms with Gasteiger partial charge in [0.15, 0.2) is 48.2 Å². The molecule has 0 amide bonds. The van der Waals surface area contributed by atoms with Crippen molar-refractivity contribution in [1.82, 2.24) is 29.1 Å². The van der Waals surface area contributed by atoms with Crippen molar-refractivity contribution in [3.8, 4) is 0 Å². The van der Waals surface area contributed by atoms with Crippen LogP contribution in [-0.2, 0) is 57.1 Å². The van der Waals surface area contributed by atoms with Crippen LogP contribution in [0.15, 0.2) is 22.0 Å². The SMILES string of the molecule is CC(=O)OC[C@H]1O[C@@H](n2c(=O)sc3cnc(N)nc32)[C@H](OC(C)=O)[C@@H]1OC(C)=O.CC(=O)O[C@@H]1[C@H](OC(C)=O)[C@@H](CO)O[C@H]1n1c(=O)sc2cnc(N)nc21. The molecule has 0 unspecified atom stereocenters. The van der Waals surface area contributed by atoms with Crippen LogP contribution in [0, 0.1) is 0 Å². The summed E-state index contributed by atoms with van der Waals surface area (Å²) < 4.78 is 40.7. The summed E-state index contributed by atoms with van der Waals surface area (Å²) in [6, 6.07) is 0. The molecule has 0 saturated carbocycles. The summed E-state index contributed by atoms with van der Waals surface area (Å²) >= 11 is 1.70. The maximum absolute atomic E-state index is 12.6. The second-order valence-corrected chi connectivity index (χ2v) is 13.7. The number of hydrogen-bond donors (Lipinski definition) is 3. The van der Waals surface area contributed by atoms with Crippen molar-refractivity contribution in [2.45, 2.75) is 83.7 Å². The monoisotopic (exact) mass is 810 g/mol. The molecule has 23 nitrogen and oxygen atoms in total. The molecule has 296 valence electrons. The van der Waals surface area contributed by atoms with Crippen molar-refractivity contribution in [3.05, 3.63) is 31.7 Å². The van der Waals surface area contributed by atoms with Gasteiger partial charge in [-0.05, 0) is 0 Å². The van der Waals surface area contributed by atoms with E-state index in [0.717, 1.165) is 38.7 Å².